The number of esters is 1. The number of pyridine rings is 1. The molecule has 9 nitrogen and oxygen atoms in total. The minimum Gasteiger partial charge on any atom is -0.504 e. The number of phenolic OH excluding ortho intramolecular Hbond substituents is 3. The van der Waals surface area contributed by atoms with Gasteiger partial charge in [0.15, 0.2) is 23.0 Å². The molecule has 1 saturated carbocycles. The van der Waals surface area contributed by atoms with Gasteiger partial charge in [-0.05, 0) is 91.5 Å². The van der Waals surface area contributed by atoms with E-state index >= 15 is 0 Å². The van der Waals surface area contributed by atoms with E-state index in [0.717, 1.165) is 67.6 Å². The van der Waals surface area contributed by atoms with Crippen LogP contribution < -0.4 is 9.47 Å². The summed E-state index contributed by atoms with van der Waals surface area (Å²) >= 11 is 0. The molecule has 0 spiro atoms. The van der Waals surface area contributed by atoms with Crippen LogP contribution in [0.2, 0.25) is 0 Å². The number of nitrogens with zero attached hydrogens (tertiary/aromatic N) is 1. The first-order valence-electron chi connectivity index (χ1n) is 18.8. The first-order chi connectivity index (χ1) is 25.2. The fourth-order valence-corrected chi connectivity index (χ4v) is 11.2. The van der Waals surface area contributed by atoms with Crippen LogP contribution in [0.25, 0.3) is 0 Å². The molecule has 4 bridgehead atoms. The zero-order valence-electron chi connectivity index (χ0n) is 30.3. The fraction of sp³-hybridized carbons (Fsp3) is 0.561. The van der Waals surface area contributed by atoms with Gasteiger partial charge in [0.05, 0.1) is 24.9 Å². The highest BCUT2D eigenvalue weighted by atomic mass is 33.1. The Labute approximate surface area is 315 Å². The van der Waals surface area contributed by atoms with Crippen LogP contribution in [0, 0.1) is 11.3 Å². The highest BCUT2D eigenvalue weighted by molar-refractivity contribution is 8.76. The topological polar surface area (TPSA) is 128 Å². The van der Waals surface area contributed by atoms with Crippen molar-refractivity contribution in [2.24, 2.45) is 11.3 Å². The normalized spacial score (nSPS) is 26.5. The van der Waals surface area contributed by atoms with E-state index in [0.29, 0.717) is 42.9 Å². The van der Waals surface area contributed by atoms with Crippen LogP contribution in [0.4, 0.5) is 0 Å². The molecule has 2 aromatic carbocycles. The Kier molecular flexibility index (Phi) is 13.4. The Hall–Kier alpha value is -3.28. The predicted octanol–water partition coefficient (Wildman–Crippen LogP) is 9.11. The van der Waals surface area contributed by atoms with Crippen LogP contribution in [0.15, 0.2) is 54.9 Å². The summed E-state index contributed by atoms with van der Waals surface area (Å²) in [4.78, 5) is 16.6. The first-order valence-corrected chi connectivity index (χ1v) is 21.3. The molecule has 6 unspecified atom stereocenters. The molecule has 6 atom stereocenters. The third-order valence-corrected chi connectivity index (χ3v) is 13.5. The Morgan fingerprint density at radius 3 is 2.73 bits per heavy atom. The van der Waals surface area contributed by atoms with E-state index in [1.165, 1.54) is 19.4 Å². The summed E-state index contributed by atoms with van der Waals surface area (Å²) in [7, 11) is 3.85. The minimum atomic E-state index is -0.529. The van der Waals surface area contributed by atoms with Gasteiger partial charge in [-0.2, -0.15) is 0 Å². The highest BCUT2D eigenvalue weighted by Gasteiger charge is 2.46. The predicted molar refractivity (Wildman–Crippen MR) is 205 cm³/mol. The minimum absolute atomic E-state index is 0.0958. The van der Waals surface area contributed by atoms with Crippen LogP contribution in [0.1, 0.15) is 101 Å². The fourth-order valence-electron chi connectivity index (χ4n) is 8.02. The second-order valence-corrected chi connectivity index (χ2v) is 17.3. The number of carbonyl (C=O) groups is 1. The van der Waals surface area contributed by atoms with Crippen LogP contribution >= 0.6 is 21.6 Å². The second-order valence-electron chi connectivity index (χ2n) is 14.8. The summed E-state index contributed by atoms with van der Waals surface area (Å²) in [6.07, 6.45) is 13.0. The highest BCUT2D eigenvalue weighted by Crippen LogP contribution is 2.50. The maximum Gasteiger partial charge on any atom is 0.302 e. The molecule has 0 amide bonds. The molecule has 1 aliphatic carbocycles. The Balaban J connectivity index is 1.33. The quantitative estimate of drug-likeness (QED) is 0.0751. The van der Waals surface area contributed by atoms with Crippen molar-refractivity contribution in [1.82, 2.24) is 4.98 Å². The number of aromatic hydroxyl groups is 3. The van der Waals surface area contributed by atoms with Crippen molar-refractivity contribution in [2.45, 2.75) is 115 Å². The number of hydrogen-bond donors (Lipinski definition) is 3. The molecule has 282 valence electrons. The number of hydrogen-bond acceptors (Lipinski definition) is 11. The molecule has 2 aliphatic heterocycles. The van der Waals surface area contributed by atoms with Gasteiger partial charge in [-0.25, -0.2) is 0 Å². The third kappa shape index (κ3) is 10.0. The van der Waals surface area contributed by atoms with Crippen molar-refractivity contribution in [3.05, 3.63) is 71.5 Å². The van der Waals surface area contributed by atoms with Gasteiger partial charge in [0, 0.05) is 55.5 Å². The van der Waals surface area contributed by atoms with E-state index in [9.17, 15) is 20.1 Å². The van der Waals surface area contributed by atoms with Gasteiger partial charge in [-0.1, -0.05) is 59.9 Å². The van der Waals surface area contributed by atoms with Crippen molar-refractivity contribution in [1.29, 1.82) is 0 Å². The number of ether oxygens (including phenoxy) is 4. The number of rotatable bonds is 11. The van der Waals surface area contributed by atoms with E-state index in [-0.39, 0.29) is 53.2 Å². The van der Waals surface area contributed by atoms with Crippen molar-refractivity contribution < 1.29 is 39.1 Å². The maximum atomic E-state index is 12.4. The van der Waals surface area contributed by atoms with Crippen molar-refractivity contribution in [3.8, 4) is 28.7 Å². The number of phenols is 3. The number of carbonyl (C=O) groups excluding carboxylic acids is 1. The maximum absolute atomic E-state index is 12.4. The van der Waals surface area contributed by atoms with Gasteiger partial charge in [0.25, 0.3) is 0 Å². The Morgan fingerprint density at radius 2 is 1.92 bits per heavy atom. The summed E-state index contributed by atoms with van der Waals surface area (Å²) in [6.45, 7) is 3.93. The lowest BCUT2D eigenvalue weighted by Crippen LogP contribution is -2.47. The smallest absolute Gasteiger partial charge is 0.302 e. The third-order valence-electron chi connectivity index (χ3n) is 10.7. The van der Waals surface area contributed by atoms with Gasteiger partial charge >= 0.3 is 5.97 Å². The molecule has 3 aliphatic rings. The van der Waals surface area contributed by atoms with E-state index in [4.69, 9.17) is 18.9 Å². The zero-order chi connectivity index (χ0) is 36.5. The lowest BCUT2D eigenvalue weighted by molar-refractivity contribution is -0.173. The van der Waals surface area contributed by atoms with Crippen LogP contribution in [-0.4, -0.2) is 62.7 Å². The number of aromatic nitrogens is 1. The van der Waals surface area contributed by atoms with E-state index in [1.807, 2.05) is 45.9 Å². The average molecular weight is 752 g/mol. The molecule has 6 rings (SSSR count). The van der Waals surface area contributed by atoms with Gasteiger partial charge < -0.3 is 34.3 Å². The molecule has 3 N–H and O–H groups in total. The number of fused-ring (bicyclic) bond motifs is 4. The van der Waals surface area contributed by atoms with Crippen LogP contribution in [0.5, 0.6) is 28.7 Å². The Bertz CT molecular complexity index is 1630. The van der Waals surface area contributed by atoms with Crippen molar-refractivity contribution in [2.75, 3.05) is 18.1 Å². The summed E-state index contributed by atoms with van der Waals surface area (Å²) in [6, 6.07) is 12.9. The Morgan fingerprint density at radius 1 is 1.04 bits per heavy atom. The number of unbranched alkanes of at least 4 members (excludes halogenated alkanes) is 2. The van der Waals surface area contributed by atoms with Crippen LogP contribution in [-0.2, 0) is 27.1 Å². The summed E-state index contributed by atoms with van der Waals surface area (Å²) < 4.78 is 25.6. The van der Waals surface area contributed by atoms with E-state index in [2.05, 4.69) is 11.9 Å². The molecule has 1 saturated heterocycles. The summed E-state index contributed by atoms with van der Waals surface area (Å²) in [5.74, 6) is 2.35. The molecule has 52 heavy (non-hydrogen) atoms. The molecule has 3 aromatic rings. The molecular formula is C41H53NO8S2. The summed E-state index contributed by atoms with van der Waals surface area (Å²) in [5.41, 5.74) is 2.38. The first kappa shape index (κ1) is 38.4. The molecule has 1 aromatic heterocycles. The van der Waals surface area contributed by atoms with Gasteiger partial charge in [-0.3, -0.25) is 9.78 Å². The lowest BCUT2D eigenvalue weighted by Gasteiger charge is -2.47. The lowest BCUT2D eigenvalue weighted by atomic mass is 9.71. The molecule has 0 radical (unpaired) electrons. The SMILES string of the molecule is CCCCCC1(C2CC(OC(C)=O)CC(c3cc(O)c(O)c(OCCc4cccnc4)c3)O2)CSSCC2CCCC(C2)Oc2cc(ccc2O)C1. The molecule has 11 heteroatoms. The molecule has 2 fully saturated rings. The van der Waals surface area contributed by atoms with Crippen molar-refractivity contribution >= 4 is 27.6 Å². The van der Waals surface area contributed by atoms with E-state index in [1.54, 1.807) is 24.5 Å². The van der Waals surface area contributed by atoms with Crippen molar-refractivity contribution in [3.63, 3.8) is 0 Å². The summed E-state index contributed by atoms with van der Waals surface area (Å²) in [5, 5.41) is 32.6. The molecular weight excluding hydrogens is 699 g/mol. The van der Waals surface area contributed by atoms with Gasteiger partial charge in [-0.15, -0.1) is 0 Å². The van der Waals surface area contributed by atoms with Gasteiger partial charge in [0.1, 0.15) is 6.10 Å². The van der Waals surface area contributed by atoms with Crippen LogP contribution in [0.3, 0.4) is 0 Å². The number of benzene rings is 2. The second kappa shape index (κ2) is 18.2. The van der Waals surface area contributed by atoms with Gasteiger partial charge in [0.2, 0.25) is 5.75 Å². The average Bonchev–Trinajstić information content (AvgIpc) is 3.13. The standard InChI is InChI=1S/C41H53NO8S2/c1-3-4-5-14-41(23-29-11-12-34(44)37(18-29)49-32-10-6-8-30(17-32)25-51-52-26-41)39-22-33(48-27(2)43)21-36(50-39)31-19-35(45)40(46)38(20-31)47-16-13-28-9-7-15-42-24-28/h7,9,11-12,15,18-20,24,30,32-33,36,39,44-46H,3-6,8,10,13-14,16-17,21-23,25-26H2,1-2H3. The molecule has 3 heterocycles. The largest absolute Gasteiger partial charge is 0.504 e. The zero-order valence-corrected chi connectivity index (χ0v) is 32.0. The monoisotopic (exact) mass is 751 g/mol. The van der Waals surface area contributed by atoms with E-state index < -0.39 is 12.2 Å².